The van der Waals surface area contributed by atoms with Crippen molar-refractivity contribution in [2.24, 2.45) is 5.92 Å². The minimum Gasteiger partial charge on any atom is -0.381 e. The molecule has 0 aromatic heterocycles. The second kappa shape index (κ2) is 8.26. The van der Waals surface area contributed by atoms with Crippen molar-refractivity contribution in [3.63, 3.8) is 0 Å². The molecule has 1 heterocycles. The van der Waals surface area contributed by atoms with Gasteiger partial charge in [0, 0.05) is 30.5 Å². The molecular weight excluding hydrogens is 268 g/mol. The Balaban J connectivity index is 1.87. The molecule has 0 aromatic carbocycles. The van der Waals surface area contributed by atoms with Crippen LogP contribution in [0.15, 0.2) is 0 Å². The molecule has 1 aliphatic rings. The lowest BCUT2D eigenvalue weighted by Gasteiger charge is -2.21. The lowest BCUT2D eigenvalue weighted by atomic mass is 10.0. The quantitative estimate of drug-likeness (QED) is 0.492. The topological polar surface area (TPSA) is 61.8 Å². The van der Waals surface area contributed by atoms with Crippen LogP contribution in [-0.4, -0.2) is 53.8 Å². The molecular formula is C10H19ClO5S. The molecule has 0 saturated carbocycles. The molecule has 0 spiro atoms. The summed E-state index contributed by atoms with van der Waals surface area (Å²) in [7, 11) is 1.58. The minimum atomic E-state index is -3.44. The fourth-order valence-electron chi connectivity index (χ4n) is 1.54. The Bertz CT molecular complexity index is 287. The van der Waals surface area contributed by atoms with Gasteiger partial charge in [-0.3, -0.25) is 0 Å². The Morgan fingerprint density at radius 3 is 2.41 bits per heavy atom. The first-order valence-corrected chi connectivity index (χ1v) is 8.21. The van der Waals surface area contributed by atoms with Crippen LogP contribution in [0.4, 0.5) is 0 Å². The van der Waals surface area contributed by atoms with E-state index in [9.17, 15) is 8.42 Å². The Hall–Kier alpha value is 0.120. The molecule has 5 nitrogen and oxygen atoms in total. The Labute approximate surface area is 107 Å². The molecule has 0 atom stereocenters. The van der Waals surface area contributed by atoms with Crippen molar-refractivity contribution in [3.05, 3.63) is 0 Å². The van der Waals surface area contributed by atoms with Crippen molar-refractivity contribution in [1.82, 2.24) is 0 Å². The van der Waals surface area contributed by atoms with Crippen molar-refractivity contribution >= 4 is 19.7 Å². The lowest BCUT2D eigenvalue weighted by molar-refractivity contribution is 0.00188. The Morgan fingerprint density at radius 2 is 1.76 bits per heavy atom. The van der Waals surface area contributed by atoms with Crippen LogP contribution in [-0.2, 0) is 23.3 Å². The maximum atomic E-state index is 10.6. The van der Waals surface area contributed by atoms with Crippen LogP contribution >= 0.6 is 10.7 Å². The van der Waals surface area contributed by atoms with Gasteiger partial charge in [-0.1, -0.05) is 0 Å². The van der Waals surface area contributed by atoms with Crippen LogP contribution in [0, 0.1) is 5.92 Å². The largest absolute Gasteiger partial charge is 0.381 e. The third kappa shape index (κ3) is 8.79. The zero-order valence-electron chi connectivity index (χ0n) is 9.77. The molecule has 0 radical (unpaired) electrons. The molecule has 0 aromatic rings. The van der Waals surface area contributed by atoms with Crippen LogP contribution in [0.5, 0.6) is 0 Å². The van der Waals surface area contributed by atoms with Gasteiger partial charge in [-0.15, -0.1) is 0 Å². The van der Waals surface area contributed by atoms with Crippen molar-refractivity contribution in [1.29, 1.82) is 0 Å². The summed E-state index contributed by atoms with van der Waals surface area (Å²) in [6, 6.07) is 0. The summed E-state index contributed by atoms with van der Waals surface area (Å²) < 4.78 is 36.9. The Morgan fingerprint density at radius 1 is 1.12 bits per heavy atom. The average molecular weight is 287 g/mol. The highest BCUT2D eigenvalue weighted by Gasteiger charge is 2.13. The molecule has 1 fully saturated rings. The van der Waals surface area contributed by atoms with Crippen LogP contribution in [0.1, 0.15) is 12.8 Å². The van der Waals surface area contributed by atoms with Crippen LogP contribution < -0.4 is 0 Å². The summed E-state index contributed by atoms with van der Waals surface area (Å²) in [5, 5.41) is 0. The van der Waals surface area contributed by atoms with Crippen molar-refractivity contribution in [2.75, 3.05) is 45.4 Å². The zero-order chi connectivity index (χ0) is 12.6. The zero-order valence-corrected chi connectivity index (χ0v) is 11.3. The molecule has 0 amide bonds. The van der Waals surface area contributed by atoms with Crippen LogP contribution in [0.2, 0.25) is 0 Å². The molecule has 0 unspecified atom stereocenters. The second-order valence-corrected chi connectivity index (χ2v) is 6.88. The number of hydrogen-bond acceptors (Lipinski definition) is 5. The van der Waals surface area contributed by atoms with Gasteiger partial charge in [-0.05, 0) is 18.8 Å². The highest BCUT2D eigenvalue weighted by molar-refractivity contribution is 8.13. The number of ether oxygens (including phenoxy) is 3. The average Bonchev–Trinajstić information content (AvgIpc) is 2.28. The first-order chi connectivity index (χ1) is 8.08. The normalized spacial score (nSPS) is 18.4. The van der Waals surface area contributed by atoms with E-state index in [1.165, 1.54) is 0 Å². The molecule has 7 heteroatoms. The summed E-state index contributed by atoms with van der Waals surface area (Å²) in [6.07, 6.45) is 2.09. The van der Waals surface area contributed by atoms with E-state index in [1.54, 1.807) is 0 Å². The van der Waals surface area contributed by atoms with Gasteiger partial charge >= 0.3 is 0 Å². The van der Waals surface area contributed by atoms with Gasteiger partial charge in [0.15, 0.2) is 0 Å². The highest BCUT2D eigenvalue weighted by atomic mass is 35.7. The first kappa shape index (κ1) is 15.2. The van der Waals surface area contributed by atoms with E-state index >= 15 is 0 Å². The van der Waals surface area contributed by atoms with E-state index in [-0.39, 0.29) is 12.4 Å². The molecule has 1 saturated heterocycles. The van der Waals surface area contributed by atoms with E-state index < -0.39 is 9.05 Å². The molecule has 1 aliphatic heterocycles. The summed E-state index contributed by atoms with van der Waals surface area (Å²) >= 11 is 0. The Kier molecular flexibility index (Phi) is 7.38. The van der Waals surface area contributed by atoms with Gasteiger partial charge in [0.1, 0.15) is 0 Å². The van der Waals surface area contributed by atoms with Gasteiger partial charge in [0.25, 0.3) is 0 Å². The van der Waals surface area contributed by atoms with E-state index in [2.05, 4.69) is 0 Å². The van der Waals surface area contributed by atoms with E-state index in [4.69, 9.17) is 24.9 Å². The maximum absolute atomic E-state index is 10.6. The number of halogens is 1. The molecule has 1 rings (SSSR count). The molecule has 0 N–H and O–H groups in total. The standard InChI is InChI=1S/C10H19ClO5S/c11-17(12,13)8-7-15-5-6-16-9-10-1-3-14-4-2-10/h10H,1-9H2. The van der Waals surface area contributed by atoms with Gasteiger partial charge in [0.05, 0.1) is 25.6 Å². The summed E-state index contributed by atoms with van der Waals surface area (Å²) in [5.74, 6) is 0.418. The minimum absolute atomic E-state index is 0.118. The van der Waals surface area contributed by atoms with E-state index in [0.717, 1.165) is 32.7 Å². The summed E-state index contributed by atoms with van der Waals surface area (Å²) in [5.41, 5.74) is 0. The fourth-order valence-corrected chi connectivity index (χ4v) is 2.05. The summed E-state index contributed by atoms with van der Waals surface area (Å²) in [4.78, 5) is 0. The van der Waals surface area contributed by atoms with E-state index in [0.29, 0.717) is 19.1 Å². The van der Waals surface area contributed by atoms with E-state index in [1.807, 2.05) is 0 Å². The van der Waals surface area contributed by atoms with Crippen LogP contribution in [0.25, 0.3) is 0 Å². The predicted octanol–water partition coefficient (Wildman–Crippen LogP) is 1.01. The van der Waals surface area contributed by atoms with Gasteiger partial charge in [-0.2, -0.15) is 0 Å². The monoisotopic (exact) mass is 286 g/mol. The van der Waals surface area contributed by atoms with Crippen molar-refractivity contribution in [3.8, 4) is 0 Å². The molecule has 17 heavy (non-hydrogen) atoms. The number of rotatable bonds is 8. The third-order valence-corrected chi connectivity index (χ3v) is 3.66. The molecule has 0 aliphatic carbocycles. The highest BCUT2D eigenvalue weighted by Crippen LogP contribution is 2.14. The SMILES string of the molecule is O=S(=O)(Cl)CCOCCOCC1CCOCC1. The summed E-state index contributed by atoms with van der Waals surface area (Å²) in [6.45, 7) is 3.36. The van der Waals surface area contributed by atoms with Gasteiger partial charge < -0.3 is 14.2 Å². The van der Waals surface area contributed by atoms with Gasteiger partial charge in [-0.25, -0.2) is 8.42 Å². The van der Waals surface area contributed by atoms with Gasteiger partial charge in [0.2, 0.25) is 9.05 Å². The predicted molar refractivity (Wildman–Crippen MR) is 64.8 cm³/mol. The van der Waals surface area contributed by atoms with Crippen LogP contribution in [0.3, 0.4) is 0 Å². The second-order valence-electron chi connectivity index (χ2n) is 3.99. The first-order valence-electron chi connectivity index (χ1n) is 5.73. The smallest absolute Gasteiger partial charge is 0.234 e. The molecule has 0 bridgehead atoms. The molecule has 102 valence electrons. The van der Waals surface area contributed by atoms with Crippen molar-refractivity contribution < 1.29 is 22.6 Å². The third-order valence-electron chi connectivity index (χ3n) is 2.54. The number of hydrogen-bond donors (Lipinski definition) is 0. The van der Waals surface area contributed by atoms with Crippen molar-refractivity contribution in [2.45, 2.75) is 12.8 Å². The maximum Gasteiger partial charge on any atom is 0.234 e. The lowest BCUT2D eigenvalue weighted by Crippen LogP contribution is -2.21. The fraction of sp³-hybridized carbons (Fsp3) is 1.00.